The SMILES string of the molecule is CC(C)(OCOP(=O)(O)O)c1ncc(-c2ccc3nc4n(c3c2)[C@@H]2C[C@H]4N(S(C)(=O)=O)c3cccc(OC(F)F)c32)cn1. The number of ether oxygens (including phenoxy) is 2. The number of halogens is 2. The Kier molecular flexibility index (Phi) is 7.06. The van der Waals surface area contributed by atoms with Crippen LogP contribution in [0.25, 0.3) is 22.2 Å². The number of rotatable bonds is 9. The van der Waals surface area contributed by atoms with Gasteiger partial charge in [-0.05, 0) is 43.7 Å². The predicted molar refractivity (Wildman–Crippen MR) is 149 cm³/mol. The zero-order chi connectivity index (χ0) is 30.9. The maximum atomic E-state index is 13.4. The first kappa shape index (κ1) is 29.5. The first-order valence-corrected chi connectivity index (χ1v) is 16.3. The number of anilines is 1. The number of benzene rings is 2. The van der Waals surface area contributed by atoms with E-state index in [1.54, 1.807) is 38.4 Å². The van der Waals surface area contributed by atoms with Crippen molar-refractivity contribution in [2.75, 3.05) is 17.4 Å². The molecule has 0 spiro atoms. The summed E-state index contributed by atoms with van der Waals surface area (Å²) in [4.78, 5) is 31.2. The number of sulfonamides is 1. The predicted octanol–water partition coefficient (Wildman–Crippen LogP) is 4.23. The third kappa shape index (κ3) is 5.39. The van der Waals surface area contributed by atoms with Crippen molar-refractivity contribution in [2.45, 2.75) is 44.6 Å². The topological polar surface area (TPSA) is 166 Å². The van der Waals surface area contributed by atoms with Gasteiger partial charge in [-0.1, -0.05) is 12.1 Å². The highest BCUT2D eigenvalue weighted by Crippen LogP contribution is 2.55. The number of phosphoric ester groups is 1. The minimum atomic E-state index is -4.70. The largest absolute Gasteiger partial charge is 0.471 e. The number of alkyl halides is 2. The molecule has 228 valence electrons. The van der Waals surface area contributed by atoms with Crippen molar-refractivity contribution in [3.05, 3.63) is 66.0 Å². The summed E-state index contributed by atoms with van der Waals surface area (Å²) in [7, 11) is -8.52. The highest BCUT2D eigenvalue weighted by Gasteiger charge is 2.48. The molecule has 2 N–H and O–H groups in total. The van der Waals surface area contributed by atoms with Gasteiger partial charge in [0.1, 0.15) is 23.2 Å². The molecule has 0 amide bonds. The first-order chi connectivity index (χ1) is 20.1. The molecule has 2 aliphatic heterocycles. The van der Waals surface area contributed by atoms with E-state index in [9.17, 15) is 21.8 Å². The molecule has 4 aromatic rings. The van der Waals surface area contributed by atoms with E-state index >= 15 is 0 Å². The molecule has 0 saturated heterocycles. The van der Waals surface area contributed by atoms with Crippen molar-refractivity contribution in [1.82, 2.24) is 19.5 Å². The summed E-state index contributed by atoms with van der Waals surface area (Å²) in [5, 5.41) is 0. The molecule has 13 nitrogen and oxygen atoms in total. The van der Waals surface area contributed by atoms with Crippen molar-refractivity contribution in [1.29, 1.82) is 0 Å². The van der Waals surface area contributed by atoms with E-state index in [1.165, 1.54) is 16.4 Å². The molecule has 2 aliphatic rings. The summed E-state index contributed by atoms with van der Waals surface area (Å²) in [5.74, 6) is 0.634. The molecule has 17 heteroatoms. The quantitative estimate of drug-likeness (QED) is 0.199. The lowest BCUT2D eigenvalue weighted by Crippen LogP contribution is -2.36. The van der Waals surface area contributed by atoms with Crippen molar-refractivity contribution in [3.8, 4) is 16.9 Å². The van der Waals surface area contributed by atoms with Crippen LogP contribution in [-0.2, 0) is 29.5 Å². The van der Waals surface area contributed by atoms with Crippen LogP contribution >= 0.6 is 7.82 Å². The van der Waals surface area contributed by atoms with Crippen molar-refractivity contribution < 1.29 is 45.5 Å². The Balaban J connectivity index is 1.39. The minimum Gasteiger partial charge on any atom is -0.434 e. The Hall–Kier alpha value is -3.53. The lowest BCUT2D eigenvalue weighted by Gasteiger charge is -2.35. The van der Waals surface area contributed by atoms with E-state index in [1.807, 2.05) is 16.7 Å². The Bertz CT molecular complexity index is 1880. The fourth-order valence-electron chi connectivity index (χ4n) is 5.65. The summed E-state index contributed by atoms with van der Waals surface area (Å²) in [5.41, 5.74) is 2.08. The Morgan fingerprint density at radius 3 is 2.49 bits per heavy atom. The van der Waals surface area contributed by atoms with Crippen LogP contribution in [0.15, 0.2) is 48.8 Å². The van der Waals surface area contributed by atoms with Crippen LogP contribution in [0.3, 0.4) is 0 Å². The number of fused-ring (bicyclic) bond motifs is 9. The maximum absolute atomic E-state index is 13.4. The number of hydrogen-bond acceptors (Lipinski definition) is 9. The summed E-state index contributed by atoms with van der Waals surface area (Å²) >= 11 is 0. The standard InChI is InChI=1S/C26H26F2N5O8PS/c1-26(2,39-13-40-42(34,35)36)24-29-11-15(12-30-24)14-7-8-16-18(9-14)32-19-10-20(23(32)31-16)33(43(3,37)38)17-5-4-6-21(22(17)19)41-25(27)28/h4-9,11-12,19-20,25H,10,13H2,1-3H3,(H2,34,35,36)/t19-,20-/m1/s1. The average Bonchev–Trinajstić information content (AvgIpc) is 3.42. The first-order valence-electron chi connectivity index (χ1n) is 12.9. The highest BCUT2D eigenvalue weighted by atomic mass is 32.2. The second-order valence-electron chi connectivity index (χ2n) is 10.6. The lowest BCUT2D eigenvalue weighted by molar-refractivity contribution is -0.102. The van der Waals surface area contributed by atoms with Gasteiger partial charge in [0.05, 0.1) is 29.0 Å². The van der Waals surface area contributed by atoms with Crippen molar-refractivity contribution >= 4 is 34.6 Å². The van der Waals surface area contributed by atoms with Gasteiger partial charge in [0.25, 0.3) is 0 Å². The molecule has 4 heterocycles. The van der Waals surface area contributed by atoms with Gasteiger partial charge in [-0.2, -0.15) is 8.78 Å². The fourth-order valence-corrected chi connectivity index (χ4v) is 7.00. The number of nitrogens with zero attached hydrogens (tertiary/aromatic N) is 5. The van der Waals surface area contributed by atoms with Gasteiger partial charge in [-0.15, -0.1) is 0 Å². The van der Waals surface area contributed by atoms with Gasteiger partial charge < -0.3 is 23.8 Å². The molecule has 0 saturated carbocycles. The normalized spacial score (nSPS) is 18.3. The smallest absolute Gasteiger partial charge is 0.434 e. The number of aromatic nitrogens is 4. The van der Waals surface area contributed by atoms with Crippen LogP contribution in [0, 0.1) is 0 Å². The van der Waals surface area contributed by atoms with E-state index < -0.39 is 48.9 Å². The lowest BCUT2D eigenvalue weighted by atomic mass is 9.95. The summed E-state index contributed by atoms with van der Waals surface area (Å²) in [6.45, 7) is -0.528. The van der Waals surface area contributed by atoms with Crippen molar-refractivity contribution in [2.24, 2.45) is 0 Å². The molecule has 2 atom stereocenters. The van der Waals surface area contributed by atoms with Gasteiger partial charge in [-0.25, -0.2) is 27.9 Å². The monoisotopic (exact) mass is 637 g/mol. The second kappa shape index (κ2) is 10.3. The zero-order valence-corrected chi connectivity index (χ0v) is 24.7. The summed E-state index contributed by atoms with van der Waals surface area (Å²) in [6, 6.07) is 8.76. The summed E-state index contributed by atoms with van der Waals surface area (Å²) < 4.78 is 81.3. The third-order valence-electron chi connectivity index (χ3n) is 7.41. The second-order valence-corrected chi connectivity index (χ2v) is 13.7. The van der Waals surface area contributed by atoms with Crippen LogP contribution < -0.4 is 9.04 Å². The van der Waals surface area contributed by atoms with Crippen LogP contribution in [0.1, 0.15) is 49.6 Å². The third-order valence-corrected chi connectivity index (χ3v) is 9.02. The Morgan fingerprint density at radius 2 is 1.84 bits per heavy atom. The zero-order valence-electron chi connectivity index (χ0n) is 23.0. The number of phosphoric acid groups is 1. The molecule has 0 aliphatic carbocycles. The summed E-state index contributed by atoms with van der Waals surface area (Å²) in [6.07, 6.45) is 4.49. The van der Waals surface area contributed by atoms with Crippen LogP contribution in [0.4, 0.5) is 14.5 Å². The molecule has 2 aromatic carbocycles. The van der Waals surface area contributed by atoms with E-state index in [4.69, 9.17) is 24.2 Å². The van der Waals surface area contributed by atoms with E-state index in [0.29, 0.717) is 40.0 Å². The van der Waals surface area contributed by atoms with Gasteiger partial charge in [0.15, 0.2) is 12.6 Å². The Morgan fingerprint density at radius 1 is 1.12 bits per heavy atom. The average molecular weight is 638 g/mol. The molecular weight excluding hydrogens is 611 g/mol. The minimum absolute atomic E-state index is 0.101. The molecule has 0 fully saturated rings. The van der Waals surface area contributed by atoms with Crippen LogP contribution in [-0.4, -0.2) is 57.4 Å². The molecule has 2 aromatic heterocycles. The van der Waals surface area contributed by atoms with E-state index in [-0.39, 0.29) is 17.3 Å². The van der Waals surface area contributed by atoms with Crippen molar-refractivity contribution in [3.63, 3.8) is 0 Å². The molecule has 0 unspecified atom stereocenters. The van der Waals surface area contributed by atoms with Gasteiger partial charge in [0, 0.05) is 29.9 Å². The maximum Gasteiger partial charge on any atom is 0.471 e. The molecule has 2 bridgehead atoms. The Labute approximate surface area is 244 Å². The van der Waals surface area contributed by atoms with Crippen LogP contribution in [0.2, 0.25) is 0 Å². The number of imidazole rings is 1. The number of hydrogen-bond donors (Lipinski definition) is 2. The highest BCUT2D eigenvalue weighted by molar-refractivity contribution is 7.92. The van der Waals surface area contributed by atoms with Gasteiger partial charge in [0.2, 0.25) is 10.0 Å². The van der Waals surface area contributed by atoms with Crippen LogP contribution in [0.5, 0.6) is 5.75 Å². The molecular formula is C26H26F2N5O8PS. The van der Waals surface area contributed by atoms with Gasteiger partial charge in [-0.3, -0.25) is 8.83 Å². The molecule has 43 heavy (non-hydrogen) atoms. The molecule has 6 rings (SSSR count). The molecule has 0 radical (unpaired) electrons. The fraction of sp³-hybridized carbons (Fsp3) is 0.346. The van der Waals surface area contributed by atoms with E-state index in [0.717, 1.165) is 6.26 Å². The van der Waals surface area contributed by atoms with E-state index in [2.05, 4.69) is 14.5 Å². The van der Waals surface area contributed by atoms with Gasteiger partial charge >= 0.3 is 14.4 Å².